The van der Waals surface area contributed by atoms with E-state index in [1.807, 2.05) is 19.1 Å². The van der Waals surface area contributed by atoms with E-state index in [0.717, 1.165) is 16.9 Å². The van der Waals surface area contributed by atoms with E-state index in [9.17, 15) is 19.2 Å². The van der Waals surface area contributed by atoms with E-state index in [0.29, 0.717) is 16.7 Å². The van der Waals surface area contributed by atoms with Gasteiger partial charge in [0.15, 0.2) is 0 Å². The highest BCUT2D eigenvalue weighted by Crippen LogP contribution is 2.19. The van der Waals surface area contributed by atoms with Crippen LogP contribution in [0.2, 0.25) is 0 Å². The molecule has 2 aromatic rings. The maximum Gasteiger partial charge on any atom is 0.269 e. The van der Waals surface area contributed by atoms with E-state index in [-0.39, 0.29) is 25.3 Å². The summed E-state index contributed by atoms with van der Waals surface area (Å²) in [6, 6.07) is 14.0. The number of carbonyl (C=O) groups excluding carboxylic acids is 4. The molecule has 1 aliphatic rings. The Hall–Kier alpha value is -3.48. The van der Waals surface area contributed by atoms with Crippen LogP contribution >= 0.6 is 0 Å². The summed E-state index contributed by atoms with van der Waals surface area (Å²) in [6.07, 6.45) is 0.903. The molecule has 7 nitrogen and oxygen atoms in total. The molecule has 3 rings (SSSR count). The first-order valence-corrected chi connectivity index (χ1v) is 9.10. The highest BCUT2D eigenvalue weighted by atomic mass is 16.2. The molecule has 28 heavy (non-hydrogen) atoms. The number of nitrogens with one attached hydrogen (secondary N) is 2. The molecule has 0 fully saturated rings. The molecule has 2 aromatic carbocycles. The molecule has 1 aliphatic heterocycles. The van der Waals surface area contributed by atoms with Crippen LogP contribution in [0.3, 0.4) is 0 Å². The smallest absolute Gasteiger partial charge is 0.269 e. The van der Waals surface area contributed by atoms with Crippen molar-refractivity contribution >= 4 is 23.6 Å². The Bertz CT molecular complexity index is 922. The zero-order valence-corrected chi connectivity index (χ0v) is 15.5. The average Bonchev–Trinajstić information content (AvgIpc) is 2.72. The lowest BCUT2D eigenvalue weighted by Gasteiger charge is -2.26. The van der Waals surface area contributed by atoms with Gasteiger partial charge in [0.1, 0.15) is 0 Å². The lowest BCUT2D eigenvalue weighted by Crippen LogP contribution is -2.46. The lowest BCUT2D eigenvalue weighted by molar-refractivity contribution is -0.129. The third kappa shape index (κ3) is 4.25. The number of rotatable bonds is 5. The number of hydrogen-bond acceptors (Lipinski definition) is 4. The quantitative estimate of drug-likeness (QED) is 0.610. The van der Waals surface area contributed by atoms with Gasteiger partial charge in [0.25, 0.3) is 11.8 Å². The molecule has 0 saturated carbocycles. The topological polar surface area (TPSA) is 95.6 Å². The second-order valence-electron chi connectivity index (χ2n) is 6.49. The Balaban J connectivity index is 1.51. The zero-order chi connectivity index (χ0) is 20.1. The van der Waals surface area contributed by atoms with Crippen molar-refractivity contribution in [3.63, 3.8) is 0 Å². The molecule has 1 heterocycles. The number of carbonyl (C=O) groups is 4. The SMILES string of the molecule is CCc1ccc(C(=O)NNC(=O)CCN2C(=O)Cc3ccccc3C2=O)cc1. The van der Waals surface area contributed by atoms with Crippen LogP contribution in [0.4, 0.5) is 0 Å². The Morgan fingerprint density at radius 1 is 1.00 bits per heavy atom. The molecule has 144 valence electrons. The van der Waals surface area contributed by atoms with Gasteiger partial charge in [0.2, 0.25) is 11.8 Å². The van der Waals surface area contributed by atoms with Crippen LogP contribution in [-0.4, -0.2) is 35.1 Å². The number of hydrogen-bond donors (Lipinski definition) is 2. The number of amides is 4. The molecule has 7 heteroatoms. The van der Waals surface area contributed by atoms with Crippen LogP contribution in [0.5, 0.6) is 0 Å². The van der Waals surface area contributed by atoms with Crippen molar-refractivity contribution in [1.82, 2.24) is 15.8 Å². The Morgan fingerprint density at radius 3 is 2.43 bits per heavy atom. The molecular formula is C21H21N3O4. The second kappa shape index (κ2) is 8.47. The molecule has 0 unspecified atom stereocenters. The molecule has 4 amide bonds. The van der Waals surface area contributed by atoms with Crippen LogP contribution < -0.4 is 10.9 Å². The van der Waals surface area contributed by atoms with E-state index in [1.165, 1.54) is 0 Å². The first-order chi connectivity index (χ1) is 13.5. The number of aryl methyl sites for hydroxylation is 1. The summed E-state index contributed by atoms with van der Waals surface area (Å²) >= 11 is 0. The number of fused-ring (bicyclic) bond motifs is 1. The fourth-order valence-electron chi connectivity index (χ4n) is 2.99. The summed E-state index contributed by atoms with van der Waals surface area (Å²) in [7, 11) is 0. The molecule has 0 atom stereocenters. The van der Waals surface area contributed by atoms with Crippen molar-refractivity contribution in [1.29, 1.82) is 0 Å². The summed E-state index contributed by atoms with van der Waals surface area (Å²) in [5.74, 6) is -1.66. The summed E-state index contributed by atoms with van der Waals surface area (Å²) in [4.78, 5) is 49.8. The predicted molar refractivity (Wildman–Crippen MR) is 102 cm³/mol. The Kier molecular flexibility index (Phi) is 5.84. The number of imide groups is 1. The van der Waals surface area contributed by atoms with E-state index in [4.69, 9.17) is 0 Å². The van der Waals surface area contributed by atoms with Crippen LogP contribution in [0.25, 0.3) is 0 Å². The van der Waals surface area contributed by atoms with Gasteiger partial charge < -0.3 is 0 Å². The van der Waals surface area contributed by atoms with E-state index in [2.05, 4.69) is 10.9 Å². The Morgan fingerprint density at radius 2 is 1.71 bits per heavy atom. The average molecular weight is 379 g/mol. The van der Waals surface area contributed by atoms with Gasteiger partial charge in [-0.3, -0.25) is 34.9 Å². The van der Waals surface area contributed by atoms with Gasteiger partial charge in [0.05, 0.1) is 6.42 Å². The minimum Gasteiger partial charge on any atom is -0.278 e. The van der Waals surface area contributed by atoms with Gasteiger partial charge in [-0.05, 0) is 35.7 Å². The molecule has 0 radical (unpaired) electrons. The van der Waals surface area contributed by atoms with Crippen molar-refractivity contribution in [2.45, 2.75) is 26.2 Å². The minimum absolute atomic E-state index is 0.0428. The van der Waals surface area contributed by atoms with E-state index >= 15 is 0 Å². The van der Waals surface area contributed by atoms with Gasteiger partial charge in [-0.15, -0.1) is 0 Å². The van der Waals surface area contributed by atoms with Gasteiger partial charge in [-0.2, -0.15) is 0 Å². The van der Waals surface area contributed by atoms with Crippen LogP contribution in [0, 0.1) is 0 Å². The molecule has 0 aromatic heterocycles. The van der Waals surface area contributed by atoms with Crippen molar-refractivity contribution in [3.05, 3.63) is 70.8 Å². The molecule has 0 aliphatic carbocycles. The van der Waals surface area contributed by atoms with Gasteiger partial charge in [-0.1, -0.05) is 37.3 Å². The number of hydrazine groups is 1. The van der Waals surface area contributed by atoms with Gasteiger partial charge in [0, 0.05) is 24.1 Å². The standard InChI is InChI=1S/C21H21N3O4/c1-2-14-7-9-15(10-8-14)20(27)23-22-18(25)11-12-24-19(26)13-16-5-3-4-6-17(16)21(24)28/h3-10H,2,11-13H2,1H3,(H,22,25)(H,23,27). The van der Waals surface area contributed by atoms with E-state index in [1.54, 1.807) is 36.4 Å². The molecule has 0 saturated heterocycles. The highest BCUT2D eigenvalue weighted by molar-refractivity contribution is 6.09. The Labute approximate surface area is 162 Å². The van der Waals surface area contributed by atoms with Crippen LogP contribution in [-0.2, 0) is 22.4 Å². The summed E-state index contributed by atoms with van der Waals surface area (Å²) in [5, 5.41) is 0. The minimum atomic E-state index is -0.488. The largest absolute Gasteiger partial charge is 0.278 e. The van der Waals surface area contributed by atoms with Crippen LogP contribution in [0.15, 0.2) is 48.5 Å². The lowest BCUT2D eigenvalue weighted by atomic mass is 9.98. The maximum atomic E-state index is 12.4. The first-order valence-electron chi connectivity index (χ1n) is 9.10. The van der Waals surface area contributed by atoms with Crippen LogP contribution in [0.1, 0.15) is 45.2 Å². The second-order valence-corrected chi connectivity index (χ2v) is 6.49. The maximum absolute atomic E-state index is 12.4. The number of nitrogens with zero attached hydrogens (tertiary/aromatic N) is 1. The fourth-order valence-corrected chi connectivity index (χ4v) is 2.99. The number of benzene rings is 2. The summed E-state index contributed by atoms with van der Waals surface area (Å²) < 4.78 is 0. The monoisotopic (exact) mass is 379 g/mol. The van der Waals surface area contributed by atoms with Crippen molar-refractivity contribution in [3.8, 4) is 0 Å². The summed E-state index contributed by atoms with van der Waals surface area (Å²) in [5.41, 5.74) is 7.35. The normalized spacial score (nSPS) is 13.1. The summed E-state index contributed by atoms with van der Waals surface area (Å²) in [6.45, 7) is 1.98. The molecule has 0 bridgehead atoms. The fraction of sp³-hybridized carbons (Fsp3) is 0.238. The molecule has 2 N–H and O–H groups in total. The van der Waals surface area contributed by atoms with Gasteiger partial charge >= 0.3 is 0 Å². The van der Waals surface area contributed by atoms with Crippen molar-refractivity contribution in [2.24, 2.45) is 0 Å². The van der Waals surface area contributed by atoms with Crippen molar-refractivity contribution in [2.75, 3.05) is 6.54 Å². The third-order valence-corrected chi connectivity index (χ3v) is 4.64. The van der Waals surface area contributed by atoms with E-state index < -0.39 is 17.7 Å². The zero-order valence-electron chi connectivity index (χ0n) is 15.5. The third-order valence-electron chi connectivity index (χ3n) is 4.64. The van der Waals surface area contributed by atoms with Crippen molar-refractivity contribution < 1.29 is 19.2 Å². The highest BCUT2D eigenvalue weighted by Gasteiger charge is 2.30. The first kappa shape index (κ1) is 19.3. The molecular weight excluding hydrogens is 358 g/mol. The molecule has 0 spiro atoms. The van der Waals surface area contributed by atoms with Gasteiger partial charge in [-0.25, -0.2) is 0 Å². The predicted octanol–water partition coefficient (Wildman–Crippen LogP) is 1.63.